The maximum atomic E-state index is 12.2. The molecule has 2 atom stereocenters. The van der Waals surface area contributed by atoms with Crippen molar-refractivity contribution >= 4 is 12.0 Å². The molecular formula is C14H28N2O5. The van der Waals surface area contributed by atoms with Crippen molar-refractivity contribution in [1.82, 2.24) is 10.2 Å². The van der Waals surface area contributed by atoms with Crippen molar-refractivity contribution < 1.29 is 24.2 Å². The van der Waals surface area contributed by atoms with Gasteiger partial charge in [0.15, 0.2) is 0 Å². The van der Waals surface area contributed by atoms with Crippen LogP contribution >= 0.6 is 0 Å². The fraction of sp³-hybridized carbons (Fsp3) is 0.857. The fourth-order valence-electron chi connectivity index (χ4n) is 1.58. The summed E-state index contributed by atoms with van der Waals surface area (Å²) in [5.41, 5.74) is 0. The minimum Gasteiger partial charge on any atom is -0.481 e. The molecule has 0 heterocycles. The van der Waals surface area contributed by atoms with Gasteiger partial charge >= 0.3 is 12.0 Å². The topological polar surface area (TPSA) is 88.1 Å². The summed E-state index contributed by atoms with van der Waals surface area (Å²) in [5, 5.41) is 11.7. The smallest absolute Gasteiger partial charge is 0.317 e. The van der Waals surface area contributed by atoms with Gasteiger partial charge < -0.3 is 24.8 Å². The van der Waals surface area contributed by atoms with Crippen LogP contribution in [0.3, 0.4) is 0 Å². The lowest BCUT2D eigenvalue weighted by Crippen LogP contribution is -2.49. The summed E-state index contributed by atoms with van der Waals surface area (Å²) in [6, 6.07) is -0.744. The Morgan fingerprint density at radius 2 is 1.57 bits per heavy atom. The number of carboxylic acids is 1. The minimum atomic E-state index is -0.932. The largest absolute Gasteiger partial charge is 0.481 e. The third kappa shape index (κ3) is 8.52. The van der Waals surface area contributed by atoms with Gasteiger partial charge in [0, 0.05) is 32.3 Å². The highest BCUT2D eigenvalue weighted by atomic mass is 16.5. The van der Waals surface area contributed by atoms with Gasteiger partial charge in [-0.3, -0.25) is 4.79 Å². The summed E-state index contributed by atoms with van der Waals surface area (Å²) in [6.45, 7) is 9.99. The van der Waals surface area contributed by atoms with E-state index in [2.05, 4.69) is 5.32 Å². The molecule has 2 N–H and O–H groups in total. The van der Waals surface area contributed by atoms with Gasteiger partial charge in [0.1, 0.15) is 0 Å². The maximum absolute atomic E-state index is 12.2. The van der Waals surface area contributed by atoms with E-state index in [0.29, 0.717) is 39.5 Å². The molecule has 7 nitrogen and oxygen atoms in total. The van der Waals surface area contributed by atoms with Crippen LogP contribution in [0.5, 0.6) is 0 Å². The molecule has 0 saturated carbocycles. The number of hydrogen-bond donors (Lipinski definition) is 2. The Hall–Kier alpha value is -1.34. The number of carboxylic acid groups (broad SMARTS) is 1. The van der Waals surface area contributed by atoms with Crippen LogP contribution in [0.2, 0.25) is 0 Å². The second-order valence-electron chi connectivity index (χ2n) is 4.75. The van der Waals surface area contributed by atoms with Gasteiger partial charge in [-0.1, -0.05) is 0 Å². The lowest BCUT2D eigenvalue weighted by molar-refractivity contribution is -0.141. The van der Waals surface area contributed by atoms with Gasteiger partial charge in [0.05, 0.1) is 19.1 Å². The van der Waals surface area contributed by atoms with E-state index < -0.39 is 17.9 Å². The highest BCUT2D eigenvalue weighted by molar-refractivity contribution is 5.76. The first-order chi connectivity index (χ1) is 9.93. The molecule has 0 aliphatic carbocycles. The minimum absolute atomic E-state index is 0.296. The Labute approximate surface area is 126 Å². The number of carbonyl (C=O) groups excluding carboxylic acids is 1. The lowest BCUT2D eigenvalue weighted by Gasteiger charge is -2.26. The predicted octanol–water partition coefficient (Wildman–Crippen LogP) is 1.18. The number of rotatable bonds is 11. The second kappa shape index (κ2) is 11.3. The molecule has 0 saturated heterocycles. The molecule has 2 amide bonds. The van der Waals surface area contributed by atoms with E-state index in [1.54, 1.807) is 18.7 Å². The molecule has 2 unspecified atom stereocenters. The van der Waals surface area contributed by atoms with Crippen molar-refractivity contribution in [3.63, 3.8) is 0 Å². The molecule has 21 heavy (non-hydrogen) atoms. The molecule has 0 fully saturated rings. The maximum Gasteiger partial charge on any atom is 0.317 e. The Morgan fingerprint density at radius 3 is 1.95 bits per heavy atom. The SMILES string of the molecule is CCOCCN(CCOCC)C(=O)NC(C)C(C)C(=O)O. The van der Waals surface area contributed by atoms with E-state index in [-0.39, 0.29) is 6.03 Å². The van der Waals surface area contributed by atoms with E-state index in [9.17, 15) is 9.59 Å². The molecule has 7 heteroatoms. The zero-order chi connectivity index (χ0) is 16.3. The first-order valence-corrected chi connectivity index (χ1v) is 7.37. The number of urea groups is 1. The molecular weight excluding hydrogens is 276 g/mol. The van der Waals surface area contributed by atoms with Crippen molar-refractivity contribution in [3.05, 3.63) is 0 Å². The van der Waals surface area contributed by atoms with Crippen molar-refractivity contribution in [2.45, 2.75) is 33.7 Å². The quantitative estimate of drug-likeness (QED) is 0.560. The molecule has 0 aliphatic rings. The number of aliphatic carboxylic acids is 1. The van der Waals surface area contributed by atoms with Crippen LogP contribution in [0.4, 0.5) is 4.79 Å². The number of nitrogens with zero attached hydrogens (tertiary/aromatic N) is 1. The molecule has 0 aliphatic heterocycles. The summed E-state index contributed by atoms with van der Waals surface area (Å²) in [4.78, 5) is 24.7. The van der Waals surface area contributed by atoms with Gasteiger partial charge in [-0.05, 0) is 27.7 Å². The molecule has 0 aromatic heterocycles. The van der Waals surface area contributed by atoms with E-state index in [4.69, 9.17) is 14.6 Å². The van der Waals surface area contributed by atoms with Crippen LogP contribution in [0.1, 0.15) is 27.7 Å². The first kappa shape index (κ1) is 19.7. The third-order valence-electron chi connectivity index (χ3n) is 3.20. The van der Waals surface area contributed by atoms with Crippen molar-refractivity contribution in [2.24, 2.45) is 5.92 Å². The molecule has 0 aromatic rings. The zero-order valence-electron chi connectivity index (χ0n) is 13.4. The molecule has 124 valence electrons. The Morgan fingerprint density at radius 1 is 1.10 bits per heavy atom. The predicted molar refractivity (Wildman–Crippen MR) is 79.4 cm³/mol. The molecule has 0 radical (unpaired) electrons. The monoisotopic (exact) mass is 304 g/mol. The summed E-state index contributed by atoms with van der Waals surface area (Å²) >= 11 is 0. The Balaban J connectivity index is 4.42. The summed E-state index contributed by atoms with van der Waals surface area (Å²) in [7, 11) is 0. The zero-order valence-corrected chi connectivity index (χ0v) is 13.4. The molecule has 0 rings (SSSR count). The van der Waals surface area contributed by atoms with Crippen LogP contribution < -0.4 is 5.32 Å². The van der Waals surface area contributed by atoms with Crippen molar-refractivity contribution in [3.8, 4) is 0 Å². The van der Waals surface area contributed by atoms with Gasteiger partial charge in [0.25, 0.3) is 0 Å². The number of amides is 2. The van der Waals surface area contributed by atoms with Gasteiger partial charge in [0.2, 0.25) is 0 Å². The van der Waals surface area contributed by atoms with E-state index in [1.165, 1.54) is 0 Å². The summed E-state index contributed by atoms with van der Waals surface area (Å²) in [5.74, 6) is -1.58. The Kier molecular flexibility index (Phi) is 10.6. The van der Waals surface area contributed by atoms with Gasteiger partial charge in [-0.25, -0.2) is 4.79 Å². The number of hydrogen-bond acceptors (Lipinski definition) is 4. The second-order valence-corrected chi connectivity index (χ2v) is 4.75. The van der Waals surface area contributed by atoms with E-state index >= 15 is 0 Å². The summed E-state index contributed by atoms with van der Waals surface area (Å²) in [6.07, 6.45) is 0. The first-order valence-electron chi connectivity index (χ1n) is 7.37. The standard InChI is InChI=1S/C14H28N2O5/c1-5-20-9-7-16(8-10-21-6-2)14(19)15-12(4)11(3)13(17)18/h11-12H,5-10H2,1-4H3,(H,15,19)(H,17,18). The summed E-state index contributed by atoms with van der Waals surface area (Å²) < 4.78 is 10.5. The van der Waals surface area contributed by atoms with E-state index in [1.807, 2.05) is 13.8 Å². The van der Waals surface area contributed by atoms with Gasteiger partial charge in [-0.15, -0.1) is 0 Å². The lowest BCUT2D eigenvalue weighted by atomic mass is 10.0. The fourth-order valence-corrected chi connectivity index (χ4v) is 1.58. The van der Waals surface area contributed by atoms with Crippen molar-refractivity contribution in [2.75, 3.05) is 39.5 Å². The molecule has 0 spiro atoms. The molecule has 0 aromatic carbocycles. The highest BCUT2D eigenvalue weighted by Crippen LogP contribution is 2.03. The third-order valence-corrected chi connectivity index (χ3v) is 3.20. The van der Waals surface area contributed by atoms with Crippen LogP contribution in [0.25, 0.3) is 0 Å². The normalized spacial score (nSPS) is 13.5. The van der Waals surface area contributed by atoms with Crippen LogP contribution in [-0.2, 0) is 14.3 Å². The van der Waals surface area contributed by atoms with Crippen molar-refractivity contribution in [1.29, 1.82) is 0 Å². The van der Waals surface area contributed by atoms with Crippen LogP contribution in [0, 0.1) is 5.92 Å². The van der Waals surface area contributed by atoms with Crippen LogP contribution in [0.15, 0.2) is 0 Å². The Bertz CT molecular complexity index is 302. The number of carbonyl (C=O) groups is 2. The van der Waals surface area contributed by atoms with E-state index in [0.717, 1.165) is 0 Å². The number of nitrogens with one attached hydrogen (secondary N) is 1. The van der Waals surface area contributed by atoms with Gasteiger partial charge in [-0.2, -0.15) is 0 Å². The highest BCUT2D eigenvalue weighted by Gasteiger charge is 2.23. The average Bonchev–Trinajstić information content (AvgIpc) is 2.44. The average molecular weight is 304 g/mol. The van der Waals surface area contributed by atoms with Crippen LogP contribution in [-0.4, -0.2) is 67.6 Å². The molecule has 0 bridgehead atoms. The number of ether oxygens (including phenoxy) is 2.